The zero-order chi connectivity index (χ0) is 22.3. The molecular weight excluding hydrogens is 448 g/mol. The van der Waals surface area contributed by atoms with Crippen LogP contribution in [0.3, 0.4) is 0 Å². The summed E-state index contributed by atoms with van der Waals surface area (Å²) in [6, 6.07) is 12.4. The molecule has 1 aromatic heterocycles. The summed E-state index contributed by atoms with van der Waals surface area (Å²) in [6.07, 6.45) is 0.946. The van der Waals surface area contributed by atoms with Crippen LogP contribution in [0.5, 0.6) is 0 Å². The molecule has 0 bridgehead atoms. The summed E-state index contributed by atoms with van der Waals surface area (Å²) in [5.41, 5.74) is 3.61. The van der Waals surface area contributed by atoms with Gasteiger partial charge < -0.3 is 4.90 Å². The third-order valence-corrected chi connectivity index (χ3v) is 8.25. The van der Waals surface area contributed by atoms with Crippen LogP contribution in [0.15, 0.2) is 52.5 Å². The van der Waals surface area contributed by atoms with Crippen molar-refractivity contribution in [2.45, 2.75) is 18.2 Å². The topological polar surface area (TPSA) is 99.1 Å². The van der Waals surface area contributed by atoms with E-state index in [0.29, 0.717) is 29.7 Å². The first-order valence-corrected chi connectivity index (χ1v) is 12.5. The third kappa shape index (κ3) is 3.76. The summed E-state index contributed by atoms with van der Waals surface area (Å²) in [7, 11) is -3.71. The average molecular weight is 471 g/mol. The first kappa shape index (κ1) is 21.0. The maximum atomic E-state index is 13.2. The largest absolute Gasteiger partial charge is 0.336 e. The van der Waals surface area contributed by atoms with E-state index in [4.69, 9.17) is 0 Å². The molecule has 11 heteroatoms. The summed E-state index contributed by atoms with van der Waals surface area (Å²) in [6.45, 7) is 4.00. The minimum absolute atomic E-state index is 0.0968. The number of carbonyl (C=O) groups is 1. The molecule has 3 heterocycles. The van der Waals surface area contributed by atoms with Crippen LogP contribution < -0.4 is 5.01 Å². The van der Waals surface area contributed by atoms with Crippen molar-refractivity contribution >= 4 is 50.1 Å². The maximum absolute atomic E-state index is 13.2. The fourth-order valence-corrected chi connectivity index (χ4v) is 6.15. The monoisotopic (exact) mass is 470 g/mol. The van der Waals surface area contributed by atoms with Gasteiger partial charge >= 0.3 is 0 Å². The lowest BCUT2D eigenvalue weighted by molar-refractivity contribution is 0.0698. The Balaban J connectivity index is 1.26. The SMILES string of the molecule is CC1=NN(c2ccc(C(=O)N3CCN(S(=O)(=O)c4cccc5nsnc45)CC3)cc2)CC1. The van der Waals surface area contributed by atoms with Crippen molar-refractivity contribution in [3.63, 3.8) is 0 Å². The van der Waals surface area contributed by atoms with Crippen molar-refractivity contribution in [1.82, 2.24) is 18.0 Å². The maximum Gasteiger partial charge on any atom is 0.253 e. The van der Waals surface area contributed by atoms with Gasteiger partial charge in [-0.15, -0.1) is 0 Å². The van der Waals surface area contributed by atoms with Gasteiger partial charge in [0.1, 0.15) is 15.9 Å². The Morgan fingerprint density at radius 2 is 1.72 bits per heavy atom. The quantitative estimate of drug-likeness (QED) is 0.581. The number of amides is 1. The molecule has 0 aliphatic carbocycles. The molecule has 1 fully saturated rings. The molecule has 0 radical (unpaired) electrons. The fourth-order valence-electron chi connectivity index (χ4n) is 3.98. The van der Waals surface area contributed by atoms with E-state index in [9.17, 15) is 13.2 Å². The number of aromatic nitrogens is 2. The van der Waals surface area contributed by atoms with Crippen molar-refractivity contribution in [1.29, 1.82) is 0 Å². The highest BCUT2D eigenvalue weighted by Gasteiger charge is 2.32. The number of fused-ring (bicyclic) bond motifs is 1. The predicted octanol–water partition coefficient (Wildman–Crippen LogP) is 2.42. The number of carbonyl (C=O) groups excluding carboxylic acids is 1. The molecule has 1 amide bonds. The van der Waals surface area contributed by atoms with Crippen LogP contribution in [0.2, 0.25) is 0 Å². The third-order valence-electron chi connectivity index (χ3n) is 5.78. The Hall–Kier alpha value is -2.89. The van der Waals surface area contributed by atoms with E-state index in [1.54, 1.807) is 35.2 Å². The number of benzene rings is 2. The Kier molecular flexibility index (Phi) is 5.39. The normalized spacial score (nSPS) is 17.7. The van der Waals surface area contributed by atoms with Crippen molar-refractivity contribution in [3.8, 4) is 0 Å². The van der Waals surface area contributed by atoms with Gasteiger partial charge in [0.05, 0.1) is 17.4 Å². The van der Waals surface area contributed by atoms with Gasteiger partial charge in [-0.2, -0.15) is 18.2 Å². The zero-order valence-electron chi connectivity index (χ0n) is 17.5. The number of sulfonamides is 1. The number of rotatable bonds is 4. The molecule has 1 saturated heterocycles. The average Bonchev–Trinajstić information content (AvgIpc) is 3.47. The molecule has 0 saturated carbocycles. The van der Waals surface area contributed by atoms with E-state index in [0.717, 1.165) is 36.1 Å². The summed E-state index contributed by atoms with van der Waals surface area (Å²) in [5, 5.41) is 6.42. The Labute approximate surface area is 190 Å². The standard InChI is InChI=1S/C21H22N6O3S2/c1-15-9-10-27(22-15)17-7-5-16(6-8-17)21(28)25-11-13-26(14-12-25)32(29,30)19-4-2-3-18-20(19)24-31-23-18/h2-8H,9-14H2,1H3. The van der Waals surface area contributed by atoms with E-state index in [1.807, 2.05) is 24.1 Å². The van der Waals surface area contributed by atoms with Crippen molar-refractivity contribution in [3.05, 3.63) is 48.0 Å². The lowest BCUT2D eigenvalue weighted by Crippen LogP contribution is -2.50. The van der Waals surface area contributed by atoms with Crippen LogP contribution in [-0.2, 0) is 10.0 Å². The number of hydrazone groups is 1. The molecule has 0 unspecified atom stereocenters. The van der Waals surface area contributed by atoms with Crippen LogP contribution >= 0.6 is 11.7 Å². The highest BCUT2D eigenvalue weighted by molar-refractivity contribution is 7.89. The fraction of sp³-hybridized carbons (Fsp3) is 0.333. The first-order chi connectivity index (χ1) is 15.4. The van der Waals surface area contributed by atoms with E-state index in [1.165, 1.54) is 4.31 Å². The molecule has 0 spiro atoms. The van der Waals surface area contributed by atoms with Gasteiger partial charge in [0.15, 0.2) is 0 Å². The lowest BCUT2D eigenvalue weighted by atomic mass is 10.1. The summed E-state index contributed by atoms with van der Waals surface area (Å²) < 4.78 is 36.0. The zero-order valence-corrected chi connectivity index (χ0v) is 19.1. The smallest absolute Gasteiger partial charge is 0.253 e. The number of hydrogen-bond acceptors (Lipinski definition) is 8. The van der Waals surface area contributed by atoms with Crippen molar-refractivity contribution in [2.75, 3.05) is 37.7 Å². The van der Waals surface area contributed by atoms with Gasteiger partial charge in [-0.25, -0.2) is 8.42 Å². The summed E-state index contributed by atoms with van der Waals surface area (Å²) in [4.78, 5) is 14.8. The minimum Gasteiger partial charge on any atom is -0.336 e. The van der Waals surface area contributed by atoms with E-state index in [2.05, 4.69) is 13.8 Å². The number of piperazine rings is 1. The molecule has 2 aliphatic rings. The molecule has 32 heavy (non-hydrogen) atoms. The second-order valence-corrected chi connectivity index (χ2v) is 10.3. The molecule has 5 rings (SSSR count). The summed E-state index contributed by atoms with van der Waals surface area (Å²) >= 11 is 0.995. The molecule has 2 aliphatic heterocycles. The second kappa shape index (κ2) is 8.23. The second-order valence-electron chi connectivity index (χ2n) is 7.84. The lowest BCUT2D eigenvalue weighted by Gasteiger charge is -2.34. The highest BCUT2D eigenvalue weighted by Crippen LogP contribution is 2.26. The molecule has 3 aromatic rings. The summed E-state index contributed by atoms with van der Waals surface area (Å²) in [5.74, 6) is -0.0968. The van der Waals surface area contributed by atoms with E-state index in [-0.39, 0.29) is 23.9 Å². The van der Waals surface area contributed by atoms with E-state index < -0.39 is 10.0 Å². The molecule has 0 atom stereocenters. The highest BCUT2D eigenvalue weighted by atomic mass is 32.2. The first-order valence-electron chi connectivity index (χ1n) is 10.4. The van der Waals surface area contributed by atoms with Gasteiger partial charge in [0.25, 0.3) is 5.91 Å². The van der Waals surface area contributed by atoms with Crippen molar-refractivity contribution < 1.29 is 13.2 Å². The van der Waals surface area contributed by atoms with Gasteiger partial charge in [0, 0.05) is 50.4 Å². The van der Waals surface area contributed by atoms with Crippen molar-refractivity contribution in [2.24, 2.45) is 5.10 Å². The van der Waals surface area contributed by atoms with Gasteiger partial charge in [-0.1, -0.05) is 6.07 Å². The molecular formula is C21H22N6O3S2. The van der Waals surface area contributed by atoms with E-state index >= 15 is 0 Å². The Morgan fingerprint density at radius 1 is 0.969 bits per heavy atom. The Bertz CT molecular complexity index is 1290. The van der Waals surface area contributed by atoms with Crippen LogP contribution in [0, 0.1) is 0 Å². The number of hydrogen-bond donors (Lipinski definition) is 0. The van der Waals surface area contributed by atoms with Gasteiger partial charge in [-0.3, -0.25) is 9.80 Å². The predicted molar refractivity (Wildman–Crippen MR) is 124 cm³/mol. The minimum atomic E-state index is -3.71. The molecule has 9 nitrogen and oxygen atoms in total. The van der Waals surface area contributed by atoms with Crippen LogP contribution in [-0.4, -0.2) is 70.7 Å². The Morgan fingerprint density at radius 3 is 2.41 bits per heavy atom. The number of nitrogens with zero attached hydrogens (tertiary/aromatic N) is 6. The van der Waals surface area contributed by atoms with Crippen LogP contribution in [0.1, 0.15) is 23.7 Å². The van der Waals surface area contributed by atoms with Gasteiger partial charge in [0.2, 0.25) is 10.0 Å². The molecule has 0 N–H and O–H groups in total. The molecule has 166 valence electrons. The number of anilines is 1. The van der Waals surface area contributed by atoms with Crippen LogP contribution in [0.25, 0.3) is 11.0 Å². The molecule has 2 aromatic carbocycles. The van der Waals surface area contributed by atoms with Gasteiger partial charge in [-0.05, 0) is 43.3 Å². The van der Waals surface area contributed by atoms with Crippen LogP contribution in [0.4, 0.5) is 5.69 Å².